The molecule has 154 valence electrons. The number of esters is 2. The Balaban J connectivity index is 1.49. The molecule has 1 amide bonds. The van der Waals surface area contributed by atoms with Crippen LogP contribution in [0.15, 0.2) is 34.7 Å². The molecule has 1 aliphatic heterocycles. The summed E-state index contributed by atoms with van der Waals surface area (Å²) in [6.07, 6.45) is 0.965. The maximum atomic E-state index is 13.0. The number of ether oxygens (including phenoxy) is 2. The van der Waals surface area contributed by atoms with Gasteiger partial charge in [0.2, 0.25) is 0 Å². The van der Waals surface area contributed by atoms with Crippen LogP contribution in [0.5, 0.6) is 0 Å². The fraction of sp³-hybridized carbons (Fsp3) is 0.381. The molecule has 1 aromatic carbocycles. The van der Waals surface area contributed by atoms with Crippen molar-refractivity contribution >= 4 is 17.8 Å². The minimum absolute atomic E-state index is 0.0780. The highest BCUT2D eigenvalue weighted by Gasteiger charge is 2.29. The van der Waals surface area contributed by atoms with E-state index in [1.54, 1.807) is 11.8 Å². The van der Waals surface area contributed by atoms with Crippen LogP contribution in [0.25, 0.3) is 0 Å². The van der Waals surface area contributed by atoms with Gasteiger partial charge >= 0.3 is 11.9 Å². The van der Waals surface area contributed by atoms with E-state index in [9.17, 15) is 18.8 Å². The predicted molar refractivity (Wildman–Crippen MR) is 99.6 cm³/mol. The number of aryl methyl sites for hydroxylation is 1. The fourth-order valence-corrected chi connectivity index (χ4v) is 3.28. The molecule has 1 fully saturated rings. The molecule has 0 unspecified atom stereocenters. The Kier molecular flexibility index (Phi) is 6.31. The summed E-state index contributed by atoms with van der Waals surface area (Å²) in [6.45, 7) is 2.39. The summed E-state index contributed by atoms with van der Waals surface area (Å²) in [5.74, 6) is -1.01. The predicted octanol–water partition coefficient (Wildman–Crippen LogP) is 3.11. The maximum absolute atomic E-state index is 13.0. The Bertz CT molecular complexity index is 896. The van der Waals surface area contributed by atoms with Gasteiger partial charge in [0.25, 0.3) is 5.91 Å². The summed E-state index contributed by atoms with van der Waals surface area (Å²) in [7, 11) is 1.28. The monoisotopic (exact) mass is 403 g/mol. The molecule has 8 heteroatoms. The van der Waals surface area contributed by atoms with Crippen LogP contribution in [0, 0.1) is 18.7 Å². The van der Waals surface area contributed by atoms with Crippen molar-refractivity contribution in [2.24, 2.45) is 5.92 Å². The number of piperidine rings is 1. The second-order valence-electron chi connectivity index (χ2n) is 6.86. The summed E-state index contributed by atoms with van der Waals surface area (Å²) in [5, 5.41) is 0. The van der Waals surface area contributed by atoms with Crippen molar-refractivity contribution in [3.05, 3.63) is 58.8 Å². The average molecular weight is 403 g/mol. The average Bonchev–Trinajstić information content (AvgIpc) is 3.12. The summed E-state index contributed by atoms with van der Waals surface area (Å²) < 4.78 is 28.4. The van der Waals surface area contributed by atoms with E-state index in [4.69, 9.17) is 9.15 Å². The number of halogens is 1. The third kappa shape index (κ3) is 4.82. The first kappa shape index (κ1) is 20.6. The van der Waals surface area contributed by atoms with E-state index in [0.717, 1.165) is 0 Å². The Morgan fingerprint density at radius 3 is 2.45 bits per heavy atom. The second kappa shape index (κ2) is 8.89. The highest BCUT2D eigenvalue weighted by Crippen LogP contribution is 2.22. The molecule has 0 aliphatic carbocycles. The van der Waals surface area contributed by atoms with Gasteiger partial charge in [0, 0.05) is 18.7 Å². The van der Waals surface area contributed by atoms with Gasteiger partial charge in [-0.2, -0.15) is 0 Å². The third-order valence-corrected chi connectivity index (χ3v) is 4.94. The number of hydrogen-bond donors (Lipinski definition) is 0. The highest BCUT2D eigenvalue weighted by atomic mass is 19.1. The second-order valence-corrected chi connectivity index (χ2v) is 6.86. The first-order chi connectivity index (χ1) is 13.9. The number of likely N-dealkylation sites (tertiary alicyclic amines) is 1. The number of nitrogens with zero attached hydrogens (tertiary/aromatic N) is 1. The number of rotatable bonds is 5. The summed E-state index contributed by atoms with van der Waals surface area (Å²) in [5.41, 5.74) is 0.716. The van der Waals surface area contributed by atoms with Gasteiger partial charge in [0.15, 0.2) is 0 Å². The Morgan fingerprint density at radius 2 is 1.83 bits per heavy atom. The normalized spacial score (nSPS) is 14.5. The fourth-order valence-electron chi connectivity index (χ4n) is 3.28. The number of furan rings is 1. The lowest BCUT2D eigenvalue weighted by Gasteiger charge is -2.31. The van der Waals surface area contributed by atoms with Crippen LogP contribution in [-0.4, -0.2) is 42.9 Å². The molecular formula is C21H22FNO6. The molecular weight excluding hydrogens is 381 g/mol. The SMILES string of the molecule is COC(=O)c1cc(COC(=O)C2CCN(C(=O)c3ccc(F)cc3)CC2)oc1C. The first-order valence-electron chi connectivity index (χ1n) is 9.28. The van der Waals surface area contributed by atoms with Gasteiger partial charge in [-0.3, -0.25) is 9.59 Å². The van der Waals surface area contributed by atoms with Gasteiger partial charge in [-0.15, -0.1) is 0 Å². The van der Waals surface area contributed by atoms with Gasteiger partial charge in [-0.25, -0.2) is 9.18 Å². The van der Waals surface area contributed by atoms with Crippen molar-refractivity contribution in [3.8, 4) is 0 Å². The molecule has 7 nitrogen and oxygen atoms in total. The van der Waals surface area contributed by atoms with Crippen LogP contribution in [-0.2, 0) is 20.9 Å². The molecule has 1 saturated heterocycles. The van der Waals surface area contributed by atoms with E-state index < -0.39 is 11.8 Å². The van der Waals surface area contributed by atoms with Crippen molar-refractivity contribution in [2.75, 3.05) is 20.2 Å². The molecule has 2 aromatic rings. The van der Waals surface area contributed by atoms with Crippen LogP contribution in [0.1, 0.15) is 45.1 Å². The van der Waals surface area contributed by atoms with Crippen molar-refractivity contribution in [1.29, 1.82) is 0 Å². The third-order valence-electron chi connectivity index (χ3n) is 4.94. The summed E-state index contributed by atoms with van der Waals surface area (Å²) >= 11 is 0. The Hall–Kier alpha value is -3.16. The quantitative estimate of drug-likeness (QED) is 0.713. The van der Waals surface area contributed by atoms with Gasteiger partial charge in [-0.05, 0) is 50.1 Å². The van der Waals surface area contributed by atoms with E-state index >= 15 is 0 Å². The maximum Gasteiger partial charge on any atom is 0.341 e. The zero-order chi connectivity index (χ0) is 21.0. The van der Waals surface area contributed by atoms with Crippen LogP contribution in [0.3, 0.4) is 0 Å². The Labute approximate surface area is 167 Å². The molecule has 0 N–H and O–H groups in total. The van der Waals surface area contributed by atoms with Crippen LogP contribution >= 0.6 is 0 Å². The van der Waals surface area contributed by atoms with E-state index in [-0.39, 0.29) is 24.4 Å². The number of carbonyl (C=O) groups is 3. The molecule has 29 heavy (non-hydrogen) atoms. The highest BCUT2D eigenvalue weighted by molar-refractivity contribution is 5.94. The van der Waals surface area contributed by atoms with Crippen molar-refractivity contribution in [2.45, 2.75) is 26.4 Å². The summed E-state index contributed by atoms with van der Waals surface area (Å²) in [6, 6.07) is 6.90. The first-order valence-corrected chi connectivity index (χ1v) is 9.28. The molecule has 0 saturated carbocycles. The van der Waals surface area contributed by atoms with E-state index in [1.807, 2.05) is 0 Å². The lowest BCUT2D eigenvalue weighted by Crippen LogP contribution is -2.40. The number of amides is 1. The number of carbonyl (C=O) groups excluding carboxylic acids is 3. The molecule has 3 rings (SSSR count). The van der Waals surface area contributed by atoms with Gasteiger partial charge in [0.05, 0.1) is 13.0 Å². The minimum atomic E-state index is -0.512. The smallest absolute Gasteiger partial charge is 0.341 e. The van der Waals surface area contributed by atoms with Crippen LogP contribution in [0.2, 0.25) is 0 Å². The zero-order valence-electron chi connectivity index (χ0n) is 16.3. The Morgan fingerprint density at radius 1 is 1.17 bits per heavy atom. The zero-order valence-corrected chi connectivity index (χ0v) is 16.3. The van der Waals surface area contributed by atoms with Crippen LogP contribution < -0.4 is 0 Å². The van der Waals surface area contributed by atoms with Crippen LogP contribution in [0.4, 0.5) is 4.39 Å². The van der Waals surface area contributed by atoms with Gasteiger partial charge in [0.1, 0.15) is 29.5 Å². The minimum Gasteiger partial charge on any atom is -0.465 e. The topological polar surface area (TPSA) is 86.0 Å². The molecule has 0 bridgehead atoms. The number of hydrogen-bond acceptors (Lipinski definition) is 6. The lowest BCUT2D eigenvalue weighted by atomic mass is 9.96. The standard InChI is InChI=1S/C21H22FNO6/c1-13-18(21(26)27-2)11-17(29-13)12-28-20(25)15-7-9-23(10-8-15)19(24)14-3-5-16(22)6-4-14/h3-6,11,15H,7-10,12H2,1-2H3. The van der Waals surface area contributed by atoms with Gasteiger partial charge < -0.3 is 18.8 Å². The van der Waals surface area contributed by atoms with E-state index in [1.165, 1.54) is 37.4 Å². The summed E-state index contributed by atoms with van der Waals surface area (Å²) in [4.78, 5) is 38.0. The number of benzene rings is 1. The van der Waals surface area contributed by atoms with Crippen molar-refractivity contribution < 1.29 is 32.7 Å². The molecule has 0 spiro atoms. The van der Waals surface area contributed by atoms with Crippen molar-refractivity contribution in [1.82, 2.24) is 4.90 Å². The largest absolute Gasteiger partial charge is 0.465 e. The molecule has 0 atom stereocenters. The lowest BCUT2D eigenvalue weighted by molar-refractivity contribution is -0.151. The van der Waals surface area contributed by atoms with E-state index in [0.29, 0.717) is 48.6 Å². The molecule has 1 aliphatic rings. The molecule has 2 heterocycles. The van der Waals surface area contributed by atoms with Crippen molar-refractivity contribution in [3.63, 3.8) is 0 Å². The number of methoxy groups -OCH3 is 1. The van der Waals surface area contributed by atoms with Gasteiger partial charge in [-0.1, -0.05) is 0 Å². The molecule has 0 radical (unpaired) electrons. The molecule has 1 aromatic heterocycles. The van der Waals surface area contributed by atoms with E-state index in [2.05, 4.69) is 4.74 Å².